The van der Waals surface area contributed by atoms with E-state index in [0.29, 0.717) is 16.7 Å². The van der Waals surface area contributed by atoms with Crippen molar-refractivity contribution in [1.29, 1.82) is 0 Å². The molecule has 0 saturated carbocycles. The van der Waals surface area contributed by atoms with Crippen LogP contribution >= 0.6 is 11.8 Å². The fourth-order valence-corrected chi connectivity index (χ4v) is 4.38. The molecule has 0 spiro atoms. The Labute approximate surface area is 151 Å². The summed E-state index contributed by atoms with van der Waals surface area (Å²) in [4.78, 5) is 0. The molecule has 8 heteroatoms. The van der Waals surface area contributed by atoms with Crippen LogP contribution in [-0.4, -0.2) is 17.4 Å². The number of allylic oxidation sites excluding steroid dienone is 2. The van der Waals surface area contributed by atoms with E-state index >= 15 is 0 Å². The van der Waals surface area contributed by atoms with Crippen LogP contribution in [0, 0.1) is 13.3 Å². The second kappa shape index (κ2) is 6.62. The highest BCUT2D eigenvalue weighted by molar-refractivity contribution is 8.01. The Kier molecular flexibility index (Phi) is 5.31. The van der Waals surface area contributed by atoms with Crippen molar-refractivity contribution < 1.29 is 30.7 Å². The van der Waals surface area contributed by atoms with Gasteiger partial charge in [-0.2, -0.15) is 30.7 Å². The van der Waals surface area contributed by atoms with Gasteiger partial charge < -0.3 is 0 Å². The zero-order valence-electron chi connectivity index (χ0n) is 14.1. The van der Waals surface area contributed by atoms with Gasteiger partial charge in [-0.1, -0.05) is 59.3 Å². The lowest BCUT2D eigenvalue weighted by molar-refractivity contribution is -0.330. The molecule has 0 bridgehead atoms. The average molecular weight is 397 g/mol. The smallest absolute Gasteiger partial charge is 0.188 e. The predicted octanol–water partition coefficient (Wildman–Crippen LogP) is 6.82. The molecule has 0 heterocycles. The first kappa shape index (κ1) is 20.9. The summed E-state index contributed by atoms with van der Waals surface area (Å²) in [5.74, 6) is -6.18. The summed E-state index contributed by atoms with van der Waals surface area (Å²) in [6, 6.07) is 6.18. The standard InChI is InChI=1S/C18H16F7S/c1-11-8-12(2)10-15(9-11,14-7-5-4-6-13(14)3)26-18(24,25)16(19,20)17(21,22)23/h4-10H,1-3H3. The van der Waals surface area contributed by atoms with Crippen LogP contribution in [0.4, 0.5) is 30.7 Å². The van der Waals surface area contributed by atoms with Gasteiger partial charge in [0.1, 0.15) is 0 Å². The van der Waals surface area contributed by atoms with Crippen molar-refractivity contribution in [3.63, 3.8) is 0 Å². The van der Waals surface area contributed by atoms with Crippen molar-refractivity contribution in [1.82, 2.24) is 0 Å². The van der Waals surface area contributed by atoms with Crippen molar-refractivity contribution in [2.75, 3.05) is 0 Å². The lowest BCUT2D eigenvalue weighted by Gasteiger charge is -2.38. The summed E-state index contributed by atoms with van der Waals surface area (Å²) in [6.07, 6.45) is -2.16. The lowest BCUT2D eigenvalue weighted by Crippen LogP contribution is -2.51. The highest BCUT2D eigenvalue weighted by Gasteiger charge is 2.74. The van der Waals surface area contributed by atoms with E-state index in [0.717, 1.165) is 0 Å². The summed E-state index contributed by atoms with van der Waals surface area (Å²) in [6.45, 7) is 4.73. The molecule has 0 amide bonds. The van der Waals surface area contributed by atoms with Crippen molar-refractivity contribution >= 4 is 11.8 Å². The number of rotatable bonds is 4. The maximum Gasteiger partial charge on any atom is 0.460 e. The topological polar surface area (TPSA) is 0 Å². The van der Waals surface area contributed by atoms with Crippen LogP contribution in [0.1, 0.15) is 25.0 Å². The molecule has 0 nitrogen and oxygen atoms in total. The Morgan fingerprint density at radius 1 is 0.808 bits per heavy atom. The Morgan fingerprint density at radius 2 is 1.31 bits per heavy atom. The Hall–Kier alpha value is -1.44. The monoisotopic (exact) mass is 397 g/mol. The molecule has 0 unspecified atom stereocenters. The van der Waals surface area contributed by atoms with E-state index < -0.39 is 33.9 Å². The molecule has 143 valence electrons. The molecule has 0 aliphatic heterocycles. The third kappa shape index (κ3) is 3.66. The summed E-state index contributed by atoms with van der Waals surface area (Å²) >= 11 is -0.697. The predicted molar refractivity (Wildman–Crippen MR) is 88.2 cm³/mol. The Balaban J connectivity index is 2.65. The first-order valence-electron chi connectivity index (χ1n) is 7.54. The normalized spacial score (nSPS) is 18.4. The fraction of sp³-hybridized carbons (Fsp3) is 0.389. The second-order valence-electron chi connectivity index (χ2n) is 6.22. The minimum Gasteiger partial charge on any atom is -0.188 e. The van der Waals surface area contributed by atoms with Gasteiger partial charge in [-0.25, -0.2) is 0 Å². The van der Waals surface area contributed by atoms with E-state index in [-0.39, 0.29) is 5.56 Å². The highest BCUT2D eigenvalue weighted by atomic mass is 32.2. The Morgan fingerprint density at radius 3 is 1.77 bits per heavy atom. The molecular weight excluding hydrogens is 381 g/mol. The molecule has 0 fully saturated rings. The van der Waals surface area contributed by atoms with Crippen LogP contribution in [0.25, 0.3) is 0 Å². The maximum atomic E-state index is 14.2. The molecule has 26 heavy (non-hydrogen) atoms. The number of hydrogen-bond donors (Lipinski definition) is 0. The third-order valence-corrected chi connectivity index (χ3v) is 5.23. The second-order valence-corrected chi connectivity index (χ2v) is 7.61. The number of halogens is 7. The van der Waals surface area contributed by atoms with E-state index in [1.165, 1.54) is 24.3 Å². The number of alkyl halides is 7. The molecule has 1 radical (unpaired) electrons. The highest BCUT2D eigenvalue weighted by Crippen LogP contribution is 2.59. The lowest BCUT2D eigenvalue weighted by atomic mass is 9.85. The van der Waals surface area contributed by atoms with Crippen LogP contribution in [0.2, 0.25) is 0 Å². The van der Waals surface area contributed by atoms with Gasteiger partial charge in [-0.05, 0) is 31.9 Å². The van der Waals surface area contributed by atoms with Crippen LogP contribution < -0.4 is 0 Å². The first-order valence-corrected chi connectivity index (χ1v) is 8.36. The minimum absolute atomic E-state index is 0.231. The van der Waals surface area contributed by atoms with Gasteiger partial charge in [-0.3, -0.25) is 0 Å². The van der Waals surface area contributed by atoms with Gasteiger partial charge in [0.2, 0.25) is 0 Å². The van der Waals surface area contributed by atoms with Crippen LogP contribution in [-0.2, 0) is 4.75 Å². The van der Waals surface area contributed by atoms with E-state index in [1.807, 2.05) is 0 Å². The molecule has 0 aromatic heterocycles. The van der Waals surface area contributed by atoms with Crippen LogP contribution in [0.15, 0.2) is 47.6 Å². The largest absolute Gasteiger partial charge is 0.460 e. The van der Waals surface area contributed by atoms with Gasteiger partial charge in [0, 0.05) is 6.42 Å². The SMILES string of the molecule is CC1=CC(SC(F)(F)C(F)(F)C(F)(F)F)(c2ccccc2C)C=C(C)[CH]1. The zero-order valence-corrected chi connectivity index (χ0v) is 14.9. The molecule has 2 rings (SSSR count). The molecule has 1 aromatic carbocycles. The van der Waals surface area contributed by atoms with Crippen molar-refractivity contribution in [3.8, 4) is 0 Å². The fourth-order valence-electron chi connectivity index (χ4n) is 2.88. The maximum absolute atomic E-state index is 14.2. The molecular formula is C18H16F7S. The summed E-state index contributed by atoms with van der Waals surface area (Å²) < 4.78 is 91.3. The molecule has 0 atom stereocenters. The van der Waals surface area contributed by atoms with E-state index in [2.05, 4.69) is 0 Å². The summed E-state index contributed by atoms with van der Waals surface area (Å²) in [5.41, 5.74) is 1.72. The van der Waals surface area contributed by atoms with Gasteiger partial charge in [0.05, 0.1) is 4.75 Å². The number of hydrogen-bond acceptors (Lipinski definition) is 1. The van der Waals surface area contributed by atoms with E-state index in [9.17, 15) is 30.7 Å². The summed E-state index contributed by atoms with van der Waals surface area (Å²) in [5, 5.41) is -5.38. The van der Waals surface area contributed by atoms with Crippen LogP contribution in [0.5, 0.6) is 0 Å². The summed E-state index contributed by atoms with van der Waals surface area (Å²) in [7, 11) is 0. The quantitative estimate of drug-likeness (QED) is 0.502. The number of aryl methyl sites for hydroxylation is 1. The number of thioether (sulfide) groups is 1. The molecule has 0 saturated heterocycles. The number of benzene rings is 1. The van der Waals surface area contributed by atoms with Crippen LogP contribution in [0.3, 0.4) is 0 Å². The Bertz CT molecular complexity index is 726. The van der Waals surface area contributed by atoms with Crippen molar-refractivity contribution in [3.05, 3.63) is 65.1 Å². The molecule has 0 N–H and O–H groups in total. The van der Waals surface area contributed by atoms with Gasteiger partial charge in [-0.15, -0.1) is 0 Å². The van der Waals surface area contributed by atoms with E-state index in [1.54, 1.807) is 39.3 Å². The first-order chi connectivity index (χ1) is 11.7. The van der Waals surface area contributed by atoms with Gasteiger partial charge in [0.25, 0.3) is 0 Å². The van der Waals surface area contributed by atoms with Gasteiger partial charge in [0.15, 0.2) is 0 Å². The third-order valence-electron chi connectivity index (χ3n) is 3.92. The average Bonchev–Trinajstić information content (AvgIpc) is 2.44. The minimum atomic E-state index is -6.37. The van der Waals surface area contributed by atoms with E-state index in [4.69, 9.17) is 0 Å². The molecule has 1 aliphatic carbocycles. The molecule has 1 aromatic rings. The zero-order chi connectivity index (χ0) is 20.0. The van der Waals surface area contributed by atoms with Crippen molar-refractivity contribution in [2.24, 2.45) is 0 Å². The van der Waals surface area contributed by atoms with Gasteiger partial charge >= 0.3 is 17.4 Å². The molecule has 1 aliphatic rings. The van der Waals surface area contributed by atoms with Crippen molar-refractivity contribution in [2.45, 2.75) is 42.9 Å².